The lowest BCUT2D eigenvalue weighted by Crippen LogP contribution is -2.27. The molecule has 0 saturated heterocycles. The Morgan fingerprint density at radius 2 is 1.73 bits per heavy atom. The second-order valence-corrected chi connectivity index (χ2v) is 5.66. The molecule has 110 valence electrons. The van der Waals surface area contributed by atoms with Crippen LogP contribution in [0.4, 0.5) is 5.69 Å². The van der Waals surface area contributed by atoms with Gasteiger partial charge in [-0.15, -0.1) is 0 Å². The first-order valence-electron chi connectivity index (χ1n) is 7.56. The second-order valence-electron chi connectivity index (χ2n) is 5.66. The maximum atomic E-state index is 11.6. The Bertz CT molecular complexity index is 731. The lowest BCUT2D eigenvalue weighted by Gasteiger charge is -2.24. The number of nitriles is 1. The third-order valence-electron chi connectivity index (χ3n) is 4.29. The van der Waals surface area contributed by atoms with Gasteiger partial charge in [0.05, 0.1) is 11.3 Å². The highest BCUT2D eigenvalue weighted by Gasteiger charge is 2.17. The number of rotatable bonds is 2. The number of fused-ring (bicyclic) bond motifs is 1. The third-order valence-corrected chi connectivity index (χ3v) is 4.29. The number of ketones is 1. The fourth-order valence-electron chi connectivity index (χ4n) is 3.02. The van der Waals surface area contributed by atoms with Crippen LogP contribution in [0.5, 0.6) is 0 Å². The van der Waals surface area contributed by atoms with Crippen LogP contribution in [0.25, 0.3) is 0 Å². The van der Waals surface area contributed by atoms with E-state index in [4.69, 9.17) is 0 Å². The zero-order chi connectivity index (χ0) is 15.5. The van der Waals surface area contributed by atoms with Crippen molar-refractivity contribution < 1.29 is 4.79 Å². The molecule has 0 saturated carbocycles. The number of carbonyl (C=O) groups is 1. The Morgan fingerprint density at radius 1 is 1.09 bits per heavy atom. The van der Waals surface area contributed by atoms with Crippen molar-refractivity contribution in [2.24, 2.45) is 0 Å². The Morgan fingerprint density at radius 3 is 2.27 bits per heavy atom. The number of carbonyl (C=O) groups excluding carboxylic acids is 1. The zero-order valence-corrected chi connectivity index (χ0v) is 12.7. The van der Waals surface area contributed by atoms with Gasteiger partial charge in [0.2, 0.25) is 0 Å². The van der Waals surface area contributed by atoms with Crippen molar-refractivity contribution in [1.29, 1.82) is 5.26 Å². The summed E-state index contributed by atoms with van der Waals surface area (Å²) in [6.45, 7) is 3.30. The van der Waals surface area contributed by atoms with Gasteiger partial charge in [-0.2, -0.15) is 5.26 Å². The van der Waals surface area contributed by atoms with Gasteiger partial charge in [-0.3, -0.25) is 4.79 Å². The Hall–Kier alpha value is -2.60. The van der Waals surface area contributed by atoms with Crippen LogP contribution in [0, 0.1) is 11.3 Å². The van der Waals surface area contributed by atoms with Gasteiger partial charge in [-0.25, -0.2) is 0 Å². The average Bonchev–Trinajstić information content (AvgIpc) is 2.76. The van der Waals surface area contributed by atoms with Crippen molar-refractivity contribution in [2.45, 2.75) is 19.8 Å². The van der Waals surface area contributed by atoms with E-state index in [2.05, 4.69) is 35.2 Å². The van der Waals surface area contributed by atoms with Crippen LogP contribution in [-0.2, 0) is 12.8 Å². The zero-order valence-electron chi connectivity index (χ0n) is 12.7. The minimum atomic E-state index is 0.0313. The van der Waals surface area contributed by atoms with Gasteiger partial charge in [0.1, 0.15) is 6.07 Å². The van der Waals surface area contributed by atoms with Crippen molar-refractivity contribution in [1.82, 2.24) is 0 Å². The molecule has 0 N–H and O–H groups in total. The SMILES string of the molecule is CC(=O)c1ccc(C#N)c(N2CCc3ccccc3CC2)c1. The molecule has 2 aromatic rings. The molecule has 0 unspecified atom stereocenters. The lowest BCUT2D eigenvalue weighted by molar-refractivity contribution is 0.101. The molecule has 0 aromatic heterocycles. The summed E-state index contributed by atoms with van der Waals surface area (Å²) in [4.78, 5) is 13.9. The highest BCUT2D eigenvalue weighted by atomic mass is 16.1. The number of benzene rings is 2. The summed E-state index contributed by atoms with van der Waals surface area (Å²) in [5, 5.41) is 9.36. The van der Waals surface area contributed by atoms with Crippen LogP contribution >= 0.6 is 0 Å². The second kappa shape index (κ2) is 6.03. The quantitative estimate of drug-likeness (QED) is 0.797. The predicted octanol–water partition coefficient (Wildman–Crippen LogP) is 3.37. The molecule has 0 bridgehead atoms. The van der Waals surface area contributed by atoms with Crippen LogP contribution < -0.4 is 4.90 Å². The third kappa shape index (κ3) is 2.73. The average molecular weight is 290 g/mol. The molecule has 1 heterocycles. The van der Waals surface area contributed by atoms with Crippen LogP contribution in [-0.4, -0.2) is 18.9 Å². The van der Waals surface area contributed by atoms with Crippen LogP contribution in [0.3, 0.4) is 0 Å². The molecule has 2 aromatic carbocycles. The number of nitrogens with zero attached hydrogens (tertiary/aromatic N) is 2. The molecule has 3 nitrogen and oxygen atoms in total. The van der Waals surface area contributed by atoms with E-state index >= 15 is 0 Å². The van der Waals surface area contributed by atoms with Gasteiger partial charge in [0.25, 0.3) is 0 Å². The Kier molecular flexibility index (Phi) is 3.93. The minimum Gasteiger partial charge on any atom is -0.370 e. The van der Waals surface area contributed by atoms with Crippen molar-refractivity contribution in [2.75, 3.05) is 18.0 Å². The van der Waals surface area contributed by atoms with E-state index in [9.17, 15) is 10.1 Å². The molecule has 0 amide bonds. The molecule has 0 aliphatic carbocycles. The van der Waals surface area contributed by atoms with Crippen LogP contribution in [0.2, 0.25) is 0 Å². The number of Topliss-reactive ketones (excluding diaryl/α,β-unsaturated/α-hetero) is 1. The van der Waals surface area contributed by atoms with E-state index in [-0.39, 0.29) is 5.78 Å². The van der Waals surface area contributed by atoms with Gasteiger partial charge in [0, 0.05) is 18.7 Å². The monoisotopic (exact) mass is 290 g/mol. The van der Waals surface area contributed by atoms with E-state index in [0.29, 0.717) is 11.1 Å². The Labute approximate surface area is 130 Å². The maximum Gasteiger partial charge on any atom is 0.159 e. The van der Waals surface area contributed by atoms with E-state index in [1.807, 2.05) is 6.07 Å². The molecule has 0 spiro atoms. The first-order chi connectivity index (χ1) is 10.7. The summed E-state index contributed by atoms with van der Waals surface area (Å²) >= 11 is 0. The highest BCUT2D eigenvalue weighted by molar-refractivity contribution is 5.95. The summed E-state index contributed by atoms with van der Waals surface area (Å²) in [5.74, 6) is 0.0313. The van der Waals surface area contributed by atoms with Gasteiger partial charge in [-0.05, 0) is 49.1 Å². The summed E-state index contributed by atoms with van der Waals surface area (Å²) in [6, 6.07) is 16.1. The molecule has 1 aliphatic rings. The largest absolute Gasteiger partial charge is 0.370 e. The fraction of sp³-hybridized carbons (Fsp3) is 0.263. The molecule has 3 heteroatoms. The van der Waals surface area contributed by atoms with Gasteiger partial charge in [0.15, 0.2) is 5.78 Å². The smallest absolute Gasteiger partial charge is 0.159 e. The fourth-order valence-corrected chi connectivity index (χ4v) is 3.02. The maximum absolute atomic E-state index is 11.6. The van der Waals surface area contributed by atoms with E-state index in [0.717, 1.165) is 31.6 Å². The molecule has 22 heavy (non-hydrogen) atoms. The Balaban J connectivity index is 1.94. The molecule has 0 radical (unpaired) electrons. The van der Waals surface area contributed by atoms with Crippen LogP contribution in [0.1, 0.15) is 34.0 Å². The summed E-state index contributed by atoms with van der Waals surface area (Å²) in [7, 11) is 0. The van der Waals surface area contributed by atoms with Gasteiger partial charge < -0.3 is 4.90 Å². The standard InChI is InChI=1S/C19H18N2O/c1-14(22)17-6-7-18(13-20)19(12-17)21-10-8-15-4-2-3-5-16(15)9-11-21/h2-7,12H,8-11H2,1H3. The van der Waals surface area contributed by atoms with Crippen molar-refractivity contribution >= 4 is 11.5 Å². The van der Waals surface area contributed by atoms with E-state index in [1.165, 1.54) is 11.1 Å². The van der Waals surface area contributed by atoms with Crippen molar-refractivity contribution in [3.8, 4) is 6.07 Å². The lowest BCUT2D eigenvalue weighted by atomic mass is 10.0. The summed E-state index contributed by atoms with van der Waals surface area (Å²) in [5.41, 5.74) is 4.94. The number of hydrogen-bond acceptors (Lipinski definition) is 3. The summed E-state index contributed by atoms with van der Waals surface area (Å²) in [6.07, 6.45) is 1.93. The number of anilines is 1. The molecule has 0 atom stereocenters. The molecule has 1 aliphatic heterocycles. The number of hydrogen-bond donors (Lipinski definition) is 0. The summed E-state index contributed by atoms with van der Waals surface area (Å²) < 4.78 is 0. The molecule has 3 rings (SSSR count). The first kappa shape index (κ1) is 14.3. The van der Waals surface area contributed by atoms with E-state index < -0.39 is 0 Å². The normalized spacial score (nSPS) is 13.9. The topological polar surface area (TPSA) is 44.1 Å². The minimum absolute atomic E-state index is 0.0313. The first-order valence-corrected chi connectivity index (χ1v) is 7.56. The molecular weight excluding hydrogens is 272 g/mol. The van der Waals surface area contributed by atoms with Gasteiger partial charge >= 0.3 is 0 Å². The van der Waals surface area contributed by atoms with Gasteiger partial charge in [-0.1, -0.05) is 24.3 Å². The van der Waals surface area contributed by atoms with Crippen molar-refractivity contribution in [3.63, 3.8) is 0 Å². The highest BCUT2D eigenvalue weighted by Crippen LogP contribution is 2.25. The predicted molar refractivity (Wildman–Crippen MR) is 87.2 cm³/mol. The molecule has 0 fully saturated rings. The van der Waals surface area contributed by atoms with E-state index in [1.54, 1.807) is 19.1 Å². The molecular formula is C19H18N2O. The van der Waals surface area contributed by atoms with Crippen LogP contribution in [0.15, 0.2) is 42.5 Å². The van der Waals surface area contributed by atoms with Crippen molar-refractivity contribution in [3.05, 3.63) is 64.7 Å².